The van der Waals surface area contributed by atoms with Crippen LogP contribution >= 0.6 is 0 Å². The van der Waals surface area contributed by atoms with Gasteiger partial charge in [0.05, 0.1) is 0 Å². The summed E-state index contributed by atoms with van der Waals surface area (Å²) in [5, 5.41) is 3.70. The first kappa shape index (κ1) is 15.1. The van der Waals surface area contributed by atoms with E-state index in [1.165, 1.54) is 0 Å². The van der Waals surface area contributed by atoms with Crippen molar-refractivity contribution >= 4 is 22.8 Å². The van der Waals surface area contributed by atoms with Gasteiger partial charge >= 0.3 is 5.97 Å². The average Bonchev–Trinajstić information content (AvgIpc) is 2.80. The molecule has 112 valence electrons. The Bertz CT molecular complexity index is 634. The molecule has 1 aromatic carbocycles. The molecule has 0 aliphatic heterocycles. The number of nitrogens with one attached hydrogen (secondary N) is 2. The lowest BCUT2D eigenvalue weighted by molar-refractivity contribution is -0.130. The second kappa shape index (κ2) is 5.60. The molecule has 0 spiro atoms. The van der Waals surface area contributed by atoms with Crippen LogP contribution in [0, 0.1) is 0 Å². The number of aromatic amines is 1. The first-order valence-electron chi connectivity index (χ1n) is 6.87. The third kappa shape index (κ3) is 3.84. The third-order valence-electron chi connectivity index (χ3n) is 2.90. The van der Waals surface area contributed by atoms with Crippen LogP contribution in [-0.4, -0.2) is 28.5 Å². The molecule has 2 aromatic rings. The van der Waals surface area contributed by atoms with Crippen LogP contribution < -0.4 is 5.32 Å². The summed E-state index contributed by atoms with van der Waals surface area (Å²) in [6, 6.07) is 9.27. The minimum Gasteiger partial charge on any atom is -0.448 e. The Balaban J connectivity index is 2.05. The van der Waals surface area contributed by atoms with Crippen LogP contribution in [-0.2, 0) is 9.53 Å². The summed E-state index contributed by atoms with van der Waals surface area (Å²) in [4.78, 5) is 26.9. The highest BCUT2D eigenvalue weighted by Gasteiger charge is 2.23. The van der Waals surface area contributed by atoms with Crippen LogP contribution in [0.5, 0.6) is 0 Å². The number of hydrogen-bond acceptors (Lipinski definition) is 3. The van der Waals surface area contributed by atoms with Gasteiger partial charge in [-0.1, -0.05) is 18.2 Å². The molecule has 21 heavy (non-hydrogen) atoms. The molecule has 1 atom stereocenters. The number of benzene rings is 1. The number of esters is 1. The Morgan fingerprint density at radius 3 is 2.52 bits per heavy atom. The molecule has 0 fully saturated rings. The minimum atomic E-state index is -0.844. The van der Waals surface area contributed by atoms with Crippen molar-refractivity contribution in [2.75, 3.05) is 0 Å². The molecule has 1 aromatic heterocycles. The number of aromatic nitrogens is 1. The monoisotopic (exact) mass is 288 g/mol. The smallest absolute Gasteiger partial charge is 0.355 e. The summed E-state index contributed by atoms with van der Waals surface area (Å²) < 4.78 is 5.19. The van der Waals surface area contributed by atoms with Crippen molar-refractivity contribution in [3.63, 3.8) is 0 Å². The van der Waals surface area contributed by atoms with Crippen LogP contribution in [0.25, 0.3) is 10.9 Å². The van der Waals surface area contributed by atoms with E-state index in [1.54, 1.807) is 13.0 Å². The largest absolute Gasteiger partial charge is 0.448 e. The highest BCUT2D eigenvalue weighted by Crippen LogP contribution is 2.15. The van der Waals surface area contributed by atoms with Crippen molar-refractivity contribution in [2.24, 2.45) is 0 Å². The molecule has 0 saturated heterocycles. The maximum atomic E-state index is 12.1. The van der Waals surface area contributed by atoms with Gasteiger partial charge in [0.25, 0.3) is 5.91 Å². The summed E-state index contributed by atoms with van der Waals surface area (Å²) in [6.45, 7) is 7.17. The molecule has 0 saturated carbocycles. The number of H-pyrrole nitrogens is 1. The zero-order valence-electron chi connectivity index (χ0n) is 12.7. The fourth-order valence-electron chi connectivity index (χ4n) is 1.93. The van der Waals surface area contributed by atoms with Crippen molar-refractivity contribution in [1.82, 2.24) is 10.3 Å². The van der Waals surface area contributed by atoms with Gasteiger partial charge in [0.15, 0.2) is 6.10 Å². The van der Waals surface area contributed by atoms with Gasteiger partial charge in [-0.15, -0.1) is 0 Å². The van der Waals surface area contributed by atoms with E-state index in [1.807, 2.05) is 45.0 Å². The molecule has 2 N–H and O–H groups in total. The van der Waals surface area contributed by atoms with Crippen LogP contribution in [0.15, 0.2) is 30.3 Å². The first-order chi connectivity index (χ1) is 9.76. The van der Waals surface area contributed by atoms with Crippen LogP contribution in [0.2, 0.25) is 0 Å². The third-order valence-corrected chi connectivity index (χ3v) is 2.90. The number of hydrogen-bond donors (Lipinski definition) is 2. The number of rotatable bonds is 3. The van der Waals surface area contributed by atoms with E-state index in [2.05, 4.69) is 10.3 Å². The van der Waals surface area contributed by atoms with Gasteiger partial charge in [0.1, 0.15) is 5.69 Å². The maximum Gasteiger partial charge on any atom is 0.355 e. The van der Waals surface area contributed by atoms with Gasteiger partial charge in [0, 0.05) is 16.4 Å². The van der Waals surface area contributed by atoms with E-state index < -0.39 is 12.1 Å². The van der Waals surface area contributed by atoms with Crippen molar-refractivity contribution in [3.05, 3.63) is 36.0 Å². The summed E-state index contributed by atoms with van der Waals surface area (Å²) >= 11 is 0. The molecular weight excluding hydrogens is 268 g/mol. The molecule has 1 heterocycles. The molecule has 5 nitrogen and oxygen atoms in total. The van der Waals surface area contributed by atoms with E-state index in [9.17, 15) is 9.59 Å². The number of fused-ring (bicyclic) bond motifs is 1. The number of amides is 1. The molecule has 1 amide bonds. The number of carbonyl (C=O) groups excluding carboxylic acids is 2. The van der Waals surface area contributed by atoms with Crippen molar-refractivity contribution in [1.29, 1.82) is 0 Å². The summed E-state index contributed by atoms with van der Waals surface area (Å²) in [5.41, 5.74) is 0.835. The van der Waals surface area contributed by atoms with Crippen molar-refractivity contribution in [2.45, 2.75) is 39.3 Å². The van der Waals surface area contributed by atoms with E-state index >= 15 is 0 Å². The lowest BCUT2D eigenvalue weighted by Crippen LogP contribution is -2.46. The summed E-state index contributed by atoms with van der Waals surface area (Å²) in [6.07, 6.45) is -0.844. The molecule has 2 rings (SSSR count). The van der Waals surface area contributed by atoms with Crippen LogP contribution in [0.1, 0.15) is 38.2 Å². The van der Waals surface area contributed by atoms with Gasteiger partial charge in [-0.25, -0.2) is 4.79 Å². The topological polar surface area (TPSA) is 71.2 Å². The molecule has 0 aliphatic rings. The van der Waals surface area contributed by atoms with Crippen molar-refractivity contribution in [3.8, 4) is 0 Å². The Labute approximate surface area is 123 Å². The number of carbonyl (C=O) groups is 2. The Hall–Kier alpha value is -2.30. The fraction of sp³-hybridized carbons (Fsp3) is 0.375. The Morgan fingerprint density at radius 2 is 1.90 bits per heavy atom. The van der Waals surface area contributed by atoms with E-state index in [0.29, 0.717) is 5.69 Å². The summed E-state index contributed by atoms with van der Waals surface area (Å²) in [5.74, 6) is -0.852. The van der Waals surface area contributed by atoms with E-state index in [4.69, 9.17) is 4.74 Å². The Kier molecular flexibility index (Phi) is 4.02. The normalized spacial score (nSPS) is 13.0. The zero-order chi connectivity index (χ0) is 15.6. The van der Waals surface area contributed by atoms with Gasteiger partial charge in [-0.2, -0.15) is 0 Å². The lowest BCUT2D eigenvalue weighted by atomic mass is 10.1. The average molecular weight is 288 g/mol. The quantitative estimate of drug-likeness (QED) is 0.853. The standard InChI is InChI=1S/C16H20N2O3/c1-10(14(19)18-16(2,3)4)21-15(20)13-9-11-7-5-6-8-12(11)17-13/h5-10,17H,1-4H3,(H,18,19)/t10-/m1/s1. The molecule has 0 unspecified atom stereocenters. The predicted octanol–water partition coefficient (Wildman–Crippen LogP) is 2.63. The molecule has 0 bridgehead atoms. The zero-order valence-corrected chi connectivity index (χ0v) is 12.7. The van der Waals surface area contributed by atoms with Gasteiger partial charge in [0.2, 0.25) is 0 Å². The summed E-state index contributed by atoms with van der Waals surface area (Å²) in [7, 11) is 0. The predicted molar refractivity (Wildman–Crippen MR) is 81.1 cm³/mol. The second-order valence-electron chi connectivity index (χ2n) is 6.06. The SMILES string of the molecule is C[C@@H](OC(=O)c1cc2ccccc2[nH]1)C(=O)NC(C)(C)C. The second-order valence-corrected chi connectivity index (χ2v) is 6.06. The molecular formula is C16H20N2O3. The number of ether oxygens (including phenoxy) is 1. The first-order valence-corrected chi connectivity index (χ1v) is 6.87. The van der Waals surface area contributed by atoms with E-state index in [0.717, 1.165) is 10.9 Å². The van der Waals surface area contributed by atoms with Gasteiger partial charge < -0.3 is 15.0 Å². The highest BCUT2D eigenvalue weighted by atomic mass is 16.5. The fourth-order valence-corrected chi connectivity index (χ4v) is 1.93. The van der Waals surface area contributed by atoms with Crippen LogP contribution in [0.4, 0.5) is 0 Å². The minimum absolute atomic E-state index is 0.313. The van der Waals surface area contributed by atoms with Gasteiger partial charge in [-0.3, -0.25) is 4.79 Å². The van der Waals surface area contributed by atoms with Crippen molar-refractivity contribution < 1.29 is 14.3 Å². The maximum absolute atomic E-state index is 12.1. The highest BCUT2D eigenvalue weighted by molar-refractivity contribution is 5.96. The number of para-hydroxylation sites is 1. The Morgan fingerprint density at radius 1 is 1.24 bits per heavy atom. The van der Waals surface area contributed by atoms with Crippen LogP contribution in [0.3, 0.4) is 0 Å². The van der Waals surface area contributed by atoms with Gasteiger partial charge in [-0.05, 0) is 39.8 Å². The lowest BCUT2D eigenvalue weighted by Gasteiger charge is -2.23. The molecule has 0 radical (unpaired) electrons. The van der Waals surface area contributed by atoms with E-state index in [-0.39, 0.29) is 11.4 Å². The molecule has 0 aliphatic carbocycles. The molecule has 5 heteroatoms.